The summed E-state index contributed by atoms with van der Waals surface area (Å²) in [5, 5.41) is 12.8. The van der Waals surface area contributed by atoms with Gasteiger partial charge in [-0.15, -0.1) is 0 Å². The molecule has 0 fully saturated rings. The van der Waals surface area contributed by atoms with Crippen molar-refractivity contribution in [2.45, 2.75) is 32.7 Å². The van der Waals surface area contributed by atoms with Crippen molar-refractivity contribution >= 4 is 11.7 Å². The van der Waals surface area contributed by atoms with Gasteiger partial charge in [-0.05, 0) is 29.5 Å². The van der Waals surface area contributed by atoms with Crippen molar-refractivity contribution in [3.05, 3.63) is 65.2 Å². The number of carboxylic acid groups (broad SMARTS) is 1. The van der Waals surface area contributed by atoms with Crippen molar-refractivity contribution in [2.24, 2.45) is 0 Å². The van der Waals surface area contributed by atoms with E-state index in [1.165, 1.54) is 0 Å². The molecule has 2 N–H and O–H groups in total. The van der Waals surface area contributed by atoms with Crippen LogP contribution in [0.1, 0.15) is 36.6 Å². The van der Waals surface area contributed by atoms with Gasteiger partial charge < -0.3 is 10.4 Å². The molecule has 0 aliphatic rings. The molecule has 2 aromatic rings. The summed E-state index contributed by atoms with van der Waals surface area (Å²) in [6.07, 6.45) is 1.74. The smallest absolute Gasteiger partial charge is 0.330 e. The highest BCUT2D eigenvalue weighted by atomic mass is 16.4. The van der Waals surface area contributed by atoms with Crippen molar-refractivity contribution < 1.29 is 9.90 Å². The molecule has 2 aromatic carbocycles. The van der Waals surface area contributed by atoms with Crippen LogP contribution in [-0.4, -0.2) is 11.1 Å². The van der Waals surface area contributed by atoms with Gasteiger partial charge in [0.15, 0.2) is 6.04 Å². The van der Waals surface area contributed by atoms with E-state index in [0.717, 1.165) is 35.2 Å². The van der Waals surface area contributed by atoms with Crippen LogP contribution < -0.4 is 5.32 Å². The van der Waals surface area contributed by atoms with Gasteiger partial charge >= 0.3 is 5.97 Å². The Morgan fingerprint density at radius 2 is 1.57 bits per heavy atom. The molecule has 0 saturated heterocycles. The van der Waals surface area contributed by atoms with Crippen molar-refractivity contribution in [3.63, 3.8) is 0 Å². The standard InChI is InChI=1S/C18H21NO2/c1-3-13-11-8-12-14(4-2)16(13)19-17(18(20)21)15-9-6-5-7-10-15/h5-12,17,19H,3-4H2,1-2H3,(H,20,21). The van der Waals surface area contributed by atoms with E-state index in [1.807, 2.05) is 48.5 Å². The molecule has 0 bridgehead atoms. The minimum atomic E-state index is -0.867. The number of nitrogens with one attached hydrogen (secondary N) is 1. The van der Waals surface area contributed by atoms with Crippen LogP contribution in [-0.2, 0) is 17.6 Å². The lowest BCUT2D eigenvalue weighted by atomic mass is 10.0. The first-order chi connectivity index (χ1) is 10.2. The number of carbonyl (C=O) groups is 1. The van der Waals surface area contributed by atoms with Crippen molar-refractivity contribution in [3.8, 4) is 0 Å². The summed E-state index contributed by atoms with van der Waals surface area (Å²) in [6, 6.07) is 14.7. The lowest BCUT2D eigenvalue weighted by Crippen LogP contribution is -2.21. The van der Waals surface area contributed by atoms with Gasteiger partial charge in [0.05, 0.1) is 0 Å². The van der Waals surface area contributed by atoms with E-state index < -0.39 is 12.0 Å². The van der Waals surface area contributed by atoms with Crippen molar-refractivity contribution in [1.82, 2.24) is 0 Å². The minimum absolute atomic E-state index is 0.732. The predicted molar refractivity (Wildman–Crippen MR) is 85.6 cm³/mol. The topological polar surface area (TPSA) is 49.3 Å². The van der Waals surface area contributed by atoms with Crippen LogP contribution in [0.25, 0.3) is 0 Å². The maximum Gasteiger partial charge on any atom is 0.330 e. The number of para-hydroxylation sites is 1. The van der Waals surface area contributed by atoms with Crippen molar-refractivity contribution in [2.75, 3.05) is 5.32 Å². The van der Waals surface area contributed by atoms with E-state index in [1.54, 1.807) is 0 Å². The lowest BCUT2D eigenvalue weighted by molar-refractivity contribution is -0.138. The predicted octanol–water partition coefficient (Wildman–Crippen LogP) is 4.05. The first kappa shape index (κ1) is 15.1. The molecule has 110 valence electrons. The summed E-state index contributed by atoms with van der Waals surface area (Å²) < 4.78 is 0. The van der Waals surface area contributed by atoms with E-state index in [4.69, 9.17) is 0 Å². The number of benzene rings is 2. The molecule has 0 aliphatic carbocycles. The number of rotatable bonds is 6. The zero-order valence-electron chi connectivity index (χ0n) is 12.5. The van der Waals surface area contributed by atoms with Gasteiger partial charge in [-0.1, -0.05) is 62.4 Å². The van der Waals surface area contributed by atoms with E-state index in [0.29, 0.717) is 0 Å². The third-order valence-electron chi connectivity index (χ3n) is 3.67. The number of hydrogen-bond donors (Lipinski definition) is 2. The maximum atomic E-state index is 11.6. The summed E-state index contributed by atoms with van der Waals surface area (Å²) in [4.78, 5) is 11.6. The molecular formula is C18H21NO2. The average Bonchev–Trinajstić information content (AvgIpc) is 2.52. The molecule has 0 heterocycles. The Morgan fingerprint density at radius 3 is 2.05 bits per heavy atom. The van der Waals surface area contributed by atoms with Gasteiger partial charge in [-0.25, -0.2) is 4.79 Å². The normalized spacial score (nSPS) is 11.9. The van der Waals surface area contributed by atoms with E-state index in [-0.39, 0.29) is 0 Å². The molecular weight excluding hydrogens is 262 g/mol. The van der Waals surface area contributed by atoms with Crippen LogP contribution in [0.2, 0.25) is 0 Å². The summed E-state index contributed by atoms with van der Waals surface area (Å²) in [5.41, 5.74) is 4.02. The Hall–Kier alpha value is -2.29. The molecule has 1 atom stereocenters. The highest BCUT2D eigenvalue weighted by molar-refractivity contribution is 5.80. The number of anilines is 1. The second-order valence-electron chi connectivity index (χ2n) is 4.98. The third-order valence-corrected chi connectivity index (χ3v) is 3.67. The highest BCUT2D eigenvalue weighted by Crippen LogP contribution is 2.27. The van der Waals surface area contributed by atoms with Crippen LogP contribution >= 0.6 is 0 Å². The molecule has 3 heteroatoms. The molecule has 2 rings (SSSR count). The molecule has 1 unspecified atom stereocenters. The van der Waals surface area contributed by atoms with Crippen LogP contribution in [0.3, 0.4) is 0 Å². The lowest BCUT2D eigenvalue weighted by Gasteiger charge is -2.21. The molecule has 0 spiro atoms. The quantitative estimate of drug-likeness (QED) is 0.841. The molecule has 21 heavy (non-hydrogen) atoms. The van der Waals surface area contributed by atoms with Crippen LogP contribution in [0.4, 0.5) is 5.69 Å². The fourth-order valence-corrected chi connectivity index (χ4v) is 2.51. The Labute approximate surface area is 125 Å². The average molecular weight is 283 g/mol. The summed E-state index contributed by atoms with van der Waals surface area (Å²) in [7, 11) is 0. The maximum absolute atomic E-state index is 11.6. The highest BCUT2D eigenvalue weighted by Gasteiger charge is 2.21. The second kappa shape index (κ2) is 6.93. The fraction of sp³-hybridized carbons (Fsp3) is 0.278. The molecule has 3 nitrogen and oxygen atoms in total. The molecule has 0 aliphatic heterocycles. The molecule has 0 saturated carbocycles. The van der Waals surface area contributed by atoms with Gasteiger partial charge in [0.25, 0.3) is 0 Å². The Morgan fingerprint density at radius 1 is 1.00 bits per heavy atom. The van der Waals surface area contributed by atoms with Crippen LogP contribution in [0.5, 0.6) is 0 Å². The van der Waals surface area contributed by atoms with E-state index >= 15 is 0 Å². The summed E-state index contributed by atoms with van der Waals surface area (Å²) >= 11 is 0. The Kier molecular flexibility index (Phi) is 4.99. The summed E-state index contributed by atoms with van der Waals surface area (Å²) in [5.74, 6) is -0.867. The van der Waals surface area contributed by atoms with Gasteiger partial charge in [0.1, 0.15) is 0 Å². The first-order valence-electron chi connectivity index (χ1n) is 7.32. The Bertz CT molecular complexity index is 586. The fourth-order valence-electron chi connectivity index (χ4n) is 2.51. The first-order valence-corrected chi connectivity index (χ1v) is 7.32. The second-order valence-corrected chi connectivity index (χ2v) is 4.98. The number of carboxylic acids is 1. The SMILES string of the molecule is CCc1cccc(CC)c1NC(C(=O)O)c1ccccc1. The molecule has 0 amide bonds. The van der Waals surface area contributed by atoms with Gasteiger partial charge in [0.2, 0.25) is 0 Å². The zero-order chi connectivity index (χ0) is 15.2. The van der Waals surface area contributed by atoms with Crippen LogP contribution in [0, 0.1) is 0 Å². The third kappa shape index (κ3) is 3.43. The number of hydrogen-bond acceptors (Lipinski definition) is 2. The van der Waals surface area contributed by atoms with Crippen LogP contribution in [0.15, 0.2) is 48.5 Å². The van der Waals surface area contributed by atoms with E-state index in [9.17, 15) is 9.90 Å². The minimum Gasteiger partial charge on any atom is -0.479 e. The number of aliphatic carboxylic acids is 1. The van der Waals surface area contributed by atoms with E-state index in [2.05, 4.69) is 19.2 Å². The van der Waals surface area contributed by atoms with Gasteiger partial charge in [-0.2, -0.15) is 0 Å². The monoisotopic (exact) mass is 283 g/mol. The zero-order valence-corrected chi connectivity index (χ0v) is 12.5. The van der Waals surface area contributed by atoms with Gasteiger partial charge in [0, 0.05) is 5.69 Å². The molecule has 0 radical (unpaired) electrons. The van der Waals surface area contributed by atoms with Crippen molar-refractivity contribution in [1.29, 1.82) is 0 Å². The Balaban J connectivity index is 2.40. The largest absolute Gasteiger partial charge is 0.479 e. The molecule has 0 aromatic heterocycles. The number of aryl methyl sites for hydroxylation is 2. The summed E-state index contributed by atoms with van der Waals surface area (Å²) in [6.45, 7) is 4.16. The van der Waals surface area contributed by atoms with Gasteiger partial charge in [-0.3, -0.25) is 0 Å².